The van der Waals surface area contributed by atoms with E-state index in [0.29, 0.717) is 0 Å². The number of rotatable bonds is 4. The normalized spacial score (nSPS) is 10.9. The molecule has 6 nitrogen and oxygen atoms in total. The number of amides is 1. The average molecular weight is 254 g/mol. The monoisotopic (exact) mass is 254 g/mol. The lowest BCUT2D eigenvalue weighted by atomic mass is 10.2. The van der Waals surface area contributed by atoms with Crippen LogP contribution >= 0.6 is 0 Å². The van der Waals surface area contributed by atoms with E-state index in [4.69, 9.17) is 10.2 Å². The van der Waals surface area contributed by atoms with E-state index in [1.54, 1.807) is 19.2 Å². The Kier molecular flexibility index (Phi) is 7.30. The predicted molar refractivity (Wildman–Crippen MR) is 66.3 cm³/mol. The molecular formula is C12H18N2O4. The summed E-state index contributed by atoms with van der Waals surface area (Å²) in [4.78, 5) is 25.9. The first-order valence-electron chi connectivity index (χ1n) is 5.60. The van der Waals surface area contributed by atoms with Crippen molar-refractivity contribution in [3.8, 4) is 0 Å². The fourth-order valence-corrected chi connectivity index (χ4v) is 1.11. The molecule has 1 aromatic rings. The van der Waals surface area contributed by atoms with Crippen LogP contribution in [0.5, 0.6) is 0 Å². The molecule has 0 aromatic carbocycles. The smallest absolute Gasteiger partial charge is 0.328 e. The first-order valence-corrected chi connectivity index (χ1v) is 5.60. The van der Waals surface area contributed by atoms with Crippen molar-refractivity contribution >= 4 is 11.9 Å². The first-order chi connectivity index (χ1) is 8.54. The summed E-state index contributed by atoms with van der Waals surface area (Å²) in [6.45, 7) is 5.12. The second-order valence-corrected chi connectivity index (χ2v) is 3.30. The van der Waals surface area contributed by atoms with E-state index in [1.165, 1.54) is 6.20 Å². The molecule has 0 radical (unpaired) electrons. The summed E-state index contributed by atoms with van der Waals surface area (Å²) >= 11 is 0. The number of carboxylic acids is 1. The molecule has 6 heteroatoms. The van der Waals surface area contributed by atoms with Gasteiger partial charge < -0.3 is 15.5 Å². The second kappa shape index (κ2) is 8.19. The number of hydrogen-bond acceptors (Lipinski definition) is 4. The summed E-state index contributed by atoms with van der Waals surface area (Å²) < 4.78 is 0. The van der Waals surface area contributed by atoms with Gasteiger partial charge in [-0.3, -0.25) is 9.78 Å². The number of nitrogens with zero attached hydrogens (tertiary/aromatic N) is 1. The highest BCUT2D eigenvalue weighted by Crippen LogP contribution is 2.01. The summed E-state index contributed by atoms with van der Waals surface area (Å²) in [7, 11) is 0. The van der Waals surface area contributed by atoms with Crippen molar-refractivity contribution in [2.45, 2.75) is 26.8 Å². The van der Waals surface area contributed by atoms with Crippen LogP contribution in [0.25, 0.3) is 0 Å². The number of aliphatic hydroxyl groups excluding tert-OH is 1. The lowest BCUT2D eigenvalue weighted by Crippen LogP contribution is -2.43. The van der Waals surface area contributed by atoms with Crippen LogP contribution in [0.3, 0.4) is 0 Å². The molecule has 0 saturated carbocycles. The van der Waals surface area contributed by atoms with Gasteiger partial charge in [-0.2, -0.15) is 0 Å². The van der Waals surface area contributed by atoms with Crippen LogP contribution < -0.4 is 5.32 Å². The minimum atomic E-state index is -1.30. The van der Waals surface area contributed by atoms with Gasteiger partial charge in [-0.1, -0.05) is 13.8 Å². The van der Waals surface area contributed by atoms with Crippen molar-refractivity contribution in [3.63, 3.8) is 0 Å². The fourth-order valence-electron chi connectivity index (χ4n) is 1.11. The molecule has 0 aliphatic rings. The van der Waals surface area contributed by atoms with Crippen molar-refractivity contribution in [1.82, 2.24) is 10.3 Å². The van der Waals surface area contributed by atoms with Crippen LogP contribution in [0.4, 0.5) is 0 Å². The van der Waals surface area contributed by atoms with Gasteiger partial charge in [0.25, 0.3) is 5.91 Å². The molecule has 1 heterocycles. The van der Waals surface area contributed by atoms with E-state index < -0.39 is 24.5 Å². The molecule has 1 unspecified atom stereocenters. The Balaban J connectivity index is 0.00000137. The number of carbonyl (C=O) groups is 2. The van der Waals surface area contributed by atoms with E-state index in [0.717, 1.165) is 5.56 Å². The van der Waals surface area contributed by atoms with Crippen molar-refractivity contribution < 1.29 is 19.8 Å². The molecule has 1 atom stereocenters. The lowest BCUT2D eigenvalue weighted by molar-refractivity contribution is -0.140. The Morgan fingerprint density at radius 3 is 2.44 bits per heavy atom. The fraction of sp³-hybridized carbons (Fsp3) is 0.417. The molecule has 18 heavy (non-hydrogen) atoms. The third kappa shape index (κ3) is 4.92. The summed E-state index contributed by atoms with van der Waals surface area (Å²) in [5.41, 5.74) is 1.06. The van der Waals surface area contributed by atoms with Crippen LogP contribution in [0, 0.1) is 6.92 Å². The molecule has 100 valence electrons. The molecule has 0 saturated heterocycles. The van der Waals surface area contributed by atoms with Gasteiger partial charge in [0.1, 0.15) is 0 Å². The standard InChI is InChI=1S/C10H12N2O4.C2H6/c1-6-2-7(4-11-3-6)9(14)12-8(5-13)10(15)16;1-2/h2-4,8,13H,5H2,1H3,(H,12,14)(H,15,16);1-2H3. The van der Waals surface area contributed by atoms with Crippen LogP contribution in [-0.2, 0) is 4.79 Å². The Hall–Kier alpha value is -1.95. The van der Waals surface area contributed by atoms with Gasteiger partial charge in [-0.05, 0) is 18.6 Å². The van der Waals surface area contributed by atoms with Gasteiger partial charge in [0.15, 0.2) is 6.04 Å². The summed E-state index contributed by atoms with van der Waals surface area (Å²) in [6.07, 6.45) is 2.91. The number of aromatic nitrogens is 1. The van der Waals surface area contributed by atoms with Gasteiger partial charge in [-0.25, -0.2) is 4.79 Å². The molecule has 1 aromatic heterocycles. The zero-order valence-electron chi connectivity index (χ0n) is 10.7. The van der Waals surface area contributed by atoms with Gasteiger partial charge in [0.05, 0.1) is 12.2 Å². The molecule has 0 bridgehead atoms. The van der Waals surface area contributed by atoms with Crippen molar-refractivity contribution in [1.29, 1.82) is 0 Å². The highest BCUT2D eigenvalue weighted by molar-refractivity contribution is 5.96. The Labute approximate surface area is 106 Å². The Bertz CT molecular complexity index is 407. The van der Waals surface area contributed by atoms with E-state index in [-0.39, 0.29) is 5.56 Å². The molecule has 0 aliphatic carbocycles. The van der Waals surface area contributed by atoms with Crippen molar-refractivity contribution in [2.75, 3.05) is 6.61 Å². The predicted octanol–water partition coefficient (Wildman–Crippen LogP) is 0.592. The van der Waals surface area contributed by atoms with Crippen LogP contribution in [0.15, 0.2) is 18.5 Å². The molecule has 1 rings (SSSR count). The third-order valence-electron chi connectivity index (χ3n) is 1.92. The maximum atomic E-state index is 11.5. The number of pyridine rings is 1. The topological polar surface area (TPSA) is 99.5 Å². The highest BCUT2D eigenvalue weighted by atomic mass is 16.4. The molecule has 0 aliphatic heterocycles. The zero-order valence-corrected chi connectivity index (χ0v) is 10.7. The maximum absolute atomic E-state index is 11.5. The lowest BCUT2D eigenvalue weighted by Gasteiger charge is -2.11. The van der Waals surface area contributed by atoms with Crippen LogP contribution in [0.1, 0.15) is 29.8 Å². The van der Waals surface area contributed by atoms with Gasteiger partial charge in [0, 0.05) is 12.4 Å². The average Bonchev–Trinajstić information content (AvgIpc) is 2.37. The van der Waals surface area contributed by atoms with Crippen LogP contribution in [0.2, 0.25) is 0 Å². The quantitative estimate of drug-likeness (QED) is 0.730. The van der Waals surface area contributed by atoms with E-state index >= 15 is 0 Å². The van der Waals surface area contributed by atoms with E-state index in [1.807, 2.05) is 13.8 Å². The minimum Gasteiger partial charge on any atom is -0.480 e. The molecule has 0 spiro atoms. The molecular weight excluding hydrogens is 236 g/mol. The largest absolute Gasteiger partial charge is 0.480 e. The molecule has 3 N–H and O–H groups in total. The van der Waals surface area contributed by atoms with E-state index in [2.05, 4.69) is 10.3 Å². The van der Waals surface area contributed by atoms with Crippen molar-refractivity contribution in [3.05, 3.63) is 29.6 Å². The number of aliphatic hydroxyl groups is 1. The Morgan fingerprint density at radius 1 is 1.39 bits per heavy atom. The number of aliphatic carboxylic acids is 1. The summed E-state index contributed by atoms with van der Waals surface area (Å²) in [5.74, 6) is -1.85. The second-order valence-electron chi connectivity index (χ2n) is 3.30. The zero-order chi connectivity index (χ0) is 14.1. The number of carboxylic acid groups (broad SMARTS) is 1. The van der Waals surface area contributed by atoms with Crippen molar-refractivity contribution in [2.24, 2.45) is 0 Å². The summed E-state index contributed by atoms with van der Waals surface area (Å²) in [6, 6.07) is 0.284. The van der Waals surface area contributed by atoms with Gasteiger partial charge >= 0.3 is 5.97 Å². The number of aryl methyl sites for hydroxylation is 1. The number of nitrogens with one attached hydrogen (secondary N) is 1. The van der Waals surface area contributed by atoms with Crippen LogP contribution in [-0.4, -0.2) is 39.7 Å². The maximum Gasteiger partial charge on any atom is 0.328 e. The Morgan fingerprint density at radius 2 is 2.00 bits per heavy atom. The van der Waals surface area contributed by atoms with Gasteiger partial charge in [0.2, 0.25) is 0 Å². The SMILES string of the molecule is CC.Cc1cncc(C(=O)NC(CO)C(=O)O)c1. The van der Waals surface area contributed by atoms with Gasteiger partial charge in [-0.15, -0.1) is 0 Å². The highest BCUT2D eigenvalue weighted by Gasteiger charge is 2.19. The molecule has 1 amide bonds. The first kappa shape index (κ1) is 16.1. The third-order valence-corrected chi connectivity index (χ3v) is 1.92. The number of hydrogen-bond donors (Lipinski definition) is 3. The minimum absolute atomic E-state index is 0.264. The summed E-state index contributed by atoms with van der Waals surface area (Å²) in [5, 5.41) is 19.6. The number of carbonyl (C=O) groups excluding carboxylic acids is 1. The molecule has 0 fully saturated rings. The van der Waals surface area contributed by atoms with E-state index in [9.17, 15) is 9.59 Å².